The lowest BCUT2D eigenvalue weighted by atomic mass is 10.2. The Kier molecular flexibility index (Phi) is 3.83. The minimum atomic E-state index is -0.156. The first-order chi connectivity index (χ1) is 6.24. The van der Waals surface area contributed by atoms with Gasteiger partial charge in [-0.1, -0.05) is 6.92 Å². The van der Waals surface area contributed by atoms with Crippen molar-refractivity contribution in [3.63, 3.8) is 0 Å². The molecular weight excluding hydrogens is 190 g/mol. The first-order valence-corrected chi connectivity index (χ1v) is 4.63. The van der Waals surface area contributed by atoms with Crippen LogP contribution in [0.3, 0.4) is 0 Å². The molecule has 0 spiro atoms. The molecule has 3 nitrogen and oxygen atoms in total. The standard InChI is InChI=1S/C9H12ClNO2/c1-7(5-10)9(12)11-6-8-3-2-4-13-8/h2-4,7H,5-6H2,1H3,(H,11,12). The number of carbonyl (C=O) groups excluding carboxylic acids is 1. The van der Waals surface area contributed by atoms with Crippen molar-refractivity contribution in [1.29, 1.82) is 0 Å². The Morgan fingerprint density at radius 3 is 3.08 bits per heavy atom. The quantitative estimate of drug-likeness (QED) is 0.755. The summed E-state index contributed by atoms with van der Waals surface area (Å²) in [6, 6.07) is 3.60. The van der Waals surface area contributed by atoms with E-state index in [2.05, 4.69) is 5.32 Å². The lowest BCUT2D eigenvalue weighted by molar-refractivity contribution is -0.124. The molecule has 0 fully saturated rings. The predicted octanol–water partition coefficient (Wildman–Crippen LogP) is 1.77. The zero-order chi connectivity index (χ0) is 9.68. The molecule has 0 aliphatic carbocycles. The van der Waals surface area contributed by atoms with Gasteiger partial charge in [0.1, 0.15) is 5.76 Å². The van der Waals surface area contributed by atoms with Crippen molar-refractivity contribution in [2.75, 3.05) is 5.88 Å². The minimum absolute atomic E-state index is 0.0496. The Balaban J connectivity index is 2.31. The number of nitrogens with one attached hydrogen (secondary N) is 1. The van der Waals surface area contributed by atoms with Crippen LogP contribution >= 0.6 is 11.6 Å². The molecule has 1 rings (SSSR count). The number of furan rings is 1. The Morgan fingerprint density at radius 1 is 1.77 bits per heavy atom. The van der Waals surface area contributed by atoms with E-state index in [1.54, 1.807) is 19.3 Å². The maximum absolute atomic E-state index is 11.2. The second-order valence-electron chi connectivity index (χ2n) is 2.85. The van der Waals surface area contributed by atoms with Crippen molar-refractivity contribution in [2.24, 2.45) is 5.92 Å². The van der Waals surface area contributed by atoms with Crippen molar-refractivity contribution in [3.8, 4) is 0 Å². The maximum Gasteiger partial charge on any atom is 0.224 e. The Labute approximate surface area is 82.1 Å². The van der Waals surface area contributed by atoms with Gasteiger partial charge in [0.15, 0.2) is 0 Å². The molecule has 1 amide bonds. The number of amides is 1. The van der Waals surface area contributed by atoms with Gasteiger partial charge in [0, 0.05) is 11.8 Å². The second kappa shape index (κ2) is 4.92. The van der Waals surface area contributed by atoms with E-state index in [1.807, 2.05) is 6.07 Å². The zero-order valence-electron chi connectivity index (χ0n) is 7.42. The number of halogens is 1. The fraction of sp³-hybridized carbons (Fsp3) is 0.444. The van der Waals surface area contributed by atoms with Gasteiger partial charge in [0.05, 0.1) is 12.8 Å². The van der Waals surface area contributed by atoms with Crippen LogP contribution in [-0.2, 0) is 11.3 Å². The zero-order valence-corrected chi connectivity index (χ0v) is 8.17. The molecule has 0 saturated heterocycles. The molecule has 1 N–H and O–H groups in total. The van der Waals surface area contributed by atoms with Crippen LogP contribution in [0, 0.1) is 5.92 Å². The summed E-state index contributed by atoms with van der Waals surface area (Å²) >= 11 is 5.52. The normalized spacial score (nSPS) is 12.5. The topological polar surface area (TPSA) is 42.2 Å². The van der Waals surface area contributed by atoms with Crippen LogP contribution in [0.1, 0.15) is 12.7 Å². The number of hydrogen-bond donors (Lipinski definition) is 1. The van der Waals surface area contributed by atoms with E-state index in [9.17, 15) is 4.79 Å². The van der Waals surface area contributed by atoms with Crippen molar-refractivity contribution >= 4 is 17.5 Å². The summed E-state index contributed by atoms with van der Waals surface area (Å²) in [5, 5.41) is 2.72. The molecule has 0 aliphatic heterocycles. The highest BCUT2D eigenvalue weighted by molar-refractivity contribution is 6.19. The molecule has 13 heavy (non-hydrogen) atoms. The largest absolute Gasteiger partial charge is 0.467 e. The molecule has 1 atom stereocenters. The van der Waals surface area contributed by atoms with E-state index >= 15 is 0 Å². The van der Waals surface area contributed by atoms with E-state index in [0.717, 1.165) is 5.76 Å². The van der Waals surface area contributed by atoms with E-state index < -0.39 is 0 Å². The first-order valence-electron chi connectivity index (χ1n) is 4.10. The third kappa shape index (κ3) is 3.11. The molecule has 0 bridgehead atoms. The van der Waals surface area contributed by atoms with Crippen LogP contribution in [-0.4, -0.2) is 11.8 Å². The molecule has 1 aromatic rings. The Hall–Kier alpha value is -0.960. The highest BCUT2D eigenvalue weighted by atomic mass is 35.5. The lowest BCUT2D eigenvalue weighted by Crippen LogP contribution is -2.29. The molecule has 1 aromatic heterocycles. The summed E-state index contributed by atoms with van der Waals surface area (Å²) in [6.07, 6.45) is 1.58. The van der Waals surface area contributed by atoms with Gasteiger partial charge in [-0.25, -0.2) is 0 Å². The van der Waals surface area contributed by atoms with Crippen molar-refractivity contribution in [1.82, 2.24) is 5.32 Å². The van der Waals surface area contributed by atoms with Crippen molar-refractivity contribution < 1.29 is 9.21 Å². The molecule has 0 aliphatic rings. The van der Waals surface area contributed by atoms with E-state index in [-0.39, 0.29) is 11.8 Å². The molecule has 4 heteroatoms. The summed E-state index contributed by atoms with van der Waals surface area (Å²) in [6.45, 7) is 2.21. The molecule has 0 radical (unpaired) electrons. The smallest absolute Gasteiger partial charge is 0.224 e. The lowest BCUT2D eigenvalue weighted by Gasteiger charge is -2.07. The van der Waals surface area contributed by atoms with Gasteiger partial charge in [-0.05, 0) is 12.1 Å². The third-order valence-electron chi connectivity index (χ3n) is 1.70. The fourth-order valence-electron chi connectivity index (χ4n) is 0.832. The summed E-state index contributed by atoms with van der Waals surface area (Å²) < 4.78 is 5.05. The number of rotatable bonds is 4. The number of hydrogen-bond acceptors (Lipinski definition) is 2. The van der Waals surface area contributed by atoms with Crippen LogP contribution in [0.25, 0.3) is 0 Å². The van der Waals surface area contributed by atoms with Crippen LogP contribution < -0.4 is 5.32 Å². The van der Waals surface area contributed by atoms with Crippen LogP contribution in [0.5, 0.6) is 0 Å². The van der Waals surface area contributed by atoms with E-state index in [4.69, 9.17) is 16.0 Å². The van der Waals surface area contributed by atoms with Gasteiger partial charge in [-0.2, -0.15) is 0 Å². The summed E-state index contributed by atoms with van der Waals surface area (Å²) in [5.41, 5.74) is 0. The minimum Gasteiger partial charge on any atom is -0.467 e. The predicted molar refractivity (Wildman–Crippen MR) is 50.4 cm³/mol. The maximum atomic E-state index is 11.2. The van der Waals surface area contributed by atoms with Gasteiger partial charge in [0.2, 0.25) is 5.91 Å². The molecule has 1 unspecified atom stereocenters. The first kappa shape index (κ1) is 10.1. The molecule has 1 heterocycles. The highest BCUT2D eigenvalue weighted by Crippen LogP contribution is 2.01. The molecule has 0 saturated carbocycles. The average molecular weight is 202 g/mol. The van der Waals surface area contributed by atoms with Crippen LogP contribution in [0.4, 0.5) is 0 Å². The molecule has 0 aromatic carbocycles. The Bertz CT molecular complexity index is 259. The average Bonchev–Trinajstić information content (AvgIpc) is 2.65. The fourth-order valence-corrected chi connectivity index (χ4v) is 0.972. The van der Waals surface area contributed by atoms with Crippen molar-refractivity contribution in [3.05, 3.63) is 24.2 Å². The van der Waals surface area contributed by atoms with Crippen LogP contribution in [0.15, 0.2) is 22.8 Å². The SMILES string of the molecule is CC(CCl)C(=O)NCc1ccco1. The van der Waals surface area contributed by atoms with E-state index in [1.165, 1.54) is 0 Å². The third-order valence-corrected chi connectivity index (χ3v) is 2.16. The second-order valence-corrected chi connectivity index (χ2v) is 3.16. The summed E-state index contributed by atoms with van der Waals surface area (Å²) in [4.78, 5) is 11.2. The highest BCUT2D eigenvalue weighted by Gasteiger charge is 2.10. The van der Waals surface area contributed by atoms with Gasteiger partial charge in [0.25, 0.3) is 0 Å². The Morgan fingerprint density at radius 2 is 2.54 bits per heavy atom. The van der Waals surface area contributed by atoms with E-state index in [0.29, 0.717) is 12.4 Å². The van der Waals surface area contributed by atoms with Crippen molar-refractivity contribution in [2.45, 2.75) is 13.5 Å². The molecule has 72 valence electrons. The van der Waals surface area contributed by atoms with Gasteiger partial charge >= 0.3 is 0 Å². The molecular formula is C9H12ClNO2. The van der Waals surface area contributed by atoms with Crippen LogP contribution in [0.2, 0.25) is 0 Å². The van der Waals surface area contributed by atoms with Gasteiger partial charge < -0.3 is 9.73 Å². The van der Waals surface area contributed by atoms with Gasteiger partial charge in [-0.3, -0.25) is 4.79 Å². The number of alkyl halides is 1. The summed E-state index contributed by atoms with van der Waals surface area (Å²) in [5.74, 6) is 0.877. The number of carbonyl (C=O) groups is 1. The summed E-state index contributed by atoms with van der Waals surface area (Å²) in [7, 11) is 0. The monoisotopic (exact) mass is 201 g/mol. The van der Waals surface area contributed by atoms with Gasteiger partial charge in [-0.15, -0.1) is 11.6 Å².